The van der Waals surface area contributed by atoms with Gasteiger partial charge in [-0.25, -0.2) is 4.98 Å². The van der Waals surface area contributed by atoms with Crippen LogP contribution < -0.4 is 4.90 Å². The Morgan fingerprint density at radius 3 is 1.31 bits per heavy atom. The second kappa shape index (κ2) is 18.6. The van der Waals surface area contributed by atoms with Gasteiger partial charge in [-0.1, -0.05) is 193 Å². The van der Waals surface area contributed by atoms with Crippen molar-refractivity contribution in [2.75, 3.05) is 4.90 Å². The first-order valence-corrected chi connectivity index (χ1v) is 24.2. The summed E-state index contributed by atoms with van der Waals surface area (Å²) in [5, 5.41) is 4.49. The van der Waals surface area contributed by atoms with Gasteiger partial charge in [0.15, 0.2) is 11.6 Å². The van der Waals surface area contributed by atoms with E-state index < -0.39 is 0 Å². The van der Waals surface area contributed by atoms with Crippen LogP contribution in [0.15, 0.2) is 212 Å². The van der Waals surface area contributed by atoms with Crippen LogP contribution in [-0.2, 0) is 0 Å². The van der Waals surface area contributed by atoms with Gasteiger partial charge < -0.3 is 0 Å². The second-order valence-corrected chi connectivity index (χ2v) is 18.8. The van der Waals surface area contributed by atoms with Crippen molar-refractivity contribution >= 4 is 38.9 Å². The molecule has 338 valence electrons. The summed E-state index contributed by atoms with van der Waals surface area (Å²) in [5.41, 5.74) is 19.9. The zero-order valence-corrected chi connectivity index (χ0v) is 40.6. The van der Waals surface area contributed by atoms with Crippen LogP contribution in [0.5, 0.6) is 0 Å². The fraction of sp³-hybridized carbons (Fsp3) is 0.106. The molecule has 0 fully saturated rings. The number of benzene rings is 10. The summed E-state index contributed by atoms with van der Waals surface area (Å²) >= 11 is 0. The molecule has 10 aromatic carbocycles. The molecule has 0 bridgehead atoms. The Morgan fingerprint density at radius 2 is 0.757 bits per heavy atom. The zero-order valence-electron chi connectivity index (χ0n) is 40.6. The summed E-state index contributed by atoms with van der Waals surface area (Å²) in [7, 11) is 0. The highest BCUT2D eigenvalue weighted by molar-refractivity contribution is 6.05. The summed E-state index contributed by atoms with van der Waals surface area (Å²) in [6.45, 7) is 13.5. The van der Waals surface area contributed by atoms with E-state index in [1.807, 2.05) is 18.2 Å². The average Bonchev–Trinajstić information content (AvgIpc) is 3.38. The first-order chi connectivity index (χ1) is 34.2. The summed E-state index contributed by atoms with van der Waals surface area (Å²) < 4.78 is 0. The van der Waals surface area contributed by atoms with Crippen molar-refractivity contribution in [3.8, 4) is 45.0 Å². The third-order valence-electron chi connectivity index (χ3n) is 13.8. The van der Waals surface area contributed by atoms with Gasteiger partial charge in [0, 0.05) is 27.8 Å². The maximum Gasteiger partial charge on any atom is 0.238 e. The van der Waals surface area contributed by atoms with Crippen molar-refractivity contribution in [2.45, 2.75) is 47.5 Å². The zero-order chi connectivity index (χ0) is 47.9. The Hall–Kier alpha value is -8.47. The van der Waals surface area contributed by atoms with Crippen molar-refractivity contribution < 1.29 is 0 Å². The van der Waals surface area contributed by atoms with E-state index in [-0.39, 0.29) is 5.92 Å². The van der Waals surface area contributed by atoms with Gasteiger partial charge in [0.2, 0.25) is 5.95 Å². The highest BCUT2D eigenvalue weighted by Gasteiger charge is 2.29. The van der Waals surface area contributed by atoms with Crippen LogP contribution in [-0.4, -0.2) is 15.0 Å². The molecule has 0 atom stereocenters. The fourth-order valence-electron chi connectivity index (χ4n) is 10.9. The highest BCUT2D eigenvalue weighted by atomic mass is 15.3. The third-order valence-corrected chi connectivity index (χ3v) is 13.8. The molecular weight excluding hydrogens is 849 g/mol. The van der Waals surface area contributed by atoms with Crippen molar-refractivity contribution in [2.24, 2.45) is 0 Å². The molecule has 70 heavy (non-hydrogen) atoms. The number of nitrogens with zero attached hydrogens (tertiary/aromatic N) is 4. The maximum atomic E-state index is 5.58. The van der Waals surface area contributed by atoms with E-state index in [0.29, 0.717) is 17.6 Å². The van der Waals surface area contributed by atoms with Crippen LogP contribution in [0.1, 0.15) is 56.0 Å². The molecular formula is C66H54N4. The van der Waals surface area contributed by atoms with Gasteiger partial charge in [-0.2, -0.15) is 9.97 Å². The van der Waals surface area contributed by atoms with Crippen LogP contribution in [0.4, 0.5) is 17.3 Å². The number of aryl methyl sites for hydroxylation is 6. The van der Waals surface area contributed by atoms with E-state index in [1.165, 1.54) is 55.5 Å². The van der Waals surface area contributed by atoms with Gasteiger partial charge in [0.05, 0.1) is 11.4 Å². The van der Waals surface area contributed by atoms with Crippen LogP contribution >= 0.6 is 0 Å². The molecule has 4 nitrogen and oxygen atoms in total. The number of anilines is 3. The van der Waals surface area contributed by atoms with Crippen molar-refractivity contribution in [1.29, 1.82) is 0 Å². The lowest BCUT2D eigenvalue weighted by Gasteiger charge is -2.30. The van der Waals surface area contributed by atoms with E-state index in [9.17, 15) is 0 Å². The molecule has 0 amide bonds. The van der Waals surface area contributed by atoms with Crippen LogP contribution in [0.2, 0.25) is 0 Å². The molecule has 4 heteroatoms. The highest BCUT2D eigenvalue weighted by Crippen LogP contribution is 2.47. The van der Waals surface area contributed by atoms with E-state index >= 15 is 0 Å². The Balaban J connectivity index is 1.20. The van der Waals surface area contributed by atoms with Gasteiger partial charge >= 0.3 is 0 Å². The number of hydrogen-bond donors (Lipinski definition) is 0. The van der Waals surface area contributed by atoms with Crippen LogP contribution in [0, 0.1) is 41.5 Å². The molecule has 0 unspecified atom stereocenters. The molecule has 0 spiro atoms. The Kier molecular flexibility index (Phi) is 11.7. The minimum atomic E-state index is -0.0182. The number of hydrogen-bond acceptors (Lipinski definition) is 4. The van der Waals surface area contributed by atoms with Gasteiger partial charge in [-0.15, -0.1) is 0 Å². The Bertz CT molecular complexity index is 3560. The normalized spacial score (nSPS) is 11.4. The Morgan fingerprint density at radius 1 is 0.329 bits per heavy atom. The largest absolute Gasteiger partial charge is 0.278 e. The minimum Gasteiger partial charge on any atom is -0.278 e. The quantitative estimate of drug-likeness (QED) is 0.128. The molecule has 0 aliphatic heterocycles. The lowest BCUT2D eigenvalue weighted by molar-refractivity contribution is 0.927. The number of rotatable bonds is 10. The summed E-state index contributed by atoms with van der Waals surface area (Å²) in [4.78, 5) is 18.7. The summed E-state index contributed by atoms with van der Waals surface area (Å²) in [6, 6.07) is 76.1. The van der Waals surface area contributed by atoms with E-state index in [4.69, 9.17) is 15.0 Å². The predicted octanol–water partition coefficient (Wildman–Crippen LogP) is 17.3. The summed E-state index contributed by atoms with van der Waals surface area (Å²) in [6.07, 6.45) is 0. The monoisotopic (exact) mass is 902 g/mol. The first kappa shape index (κ1) is 44.1. The van der Waals surface area contributed by atoms with E-state index in [2.05, 4.69) is 241 Å². The predicted molar refractivity (Wildman–Crippen MR) is 294 cm³/mol. The fourth-order valence-corrected chi connectivity index (χ4v) is 10.9. The SMILES string of the molecule is Cc1cc(C)c(C(c2c(C)cc(C)cc2C)c2ccc(N(c3nc(-c4ccccc4)nc(-c4cc(-c5ccccc5)cc(-c5ccccc5)c4)n3)c3cccc4ccccc34)c3ccccc23)c(C)c1. The molecule has 11 rings (SSSR count). The second-order valence-electron chi connectivity index (χ2n) is 18.8. The van der Waals surface area contributed by atoms with Crippen molar-refractivity contribution in [1.82, 2.24) is 15.0 Å². The molecule has 0 N–H and O–H groups in total. The van der Waals surface area contributed by atoms with Gasteiger partial charge in [0.1, 0.15) is 0 Å². The molecule has 0 saturated heterocycles. The van der Waals surface area contributed by atoms with Gasteiger partial charge in [-0.3, -0.25) is 4.90 Å². The smallest absolute Gasteiger partial charge is 0.238 e. The molecule has 0 radical (unpaired) electrons. The molecule has 1 heterocycles. The molecule has 1 aromatic heterocycles. The first-order valence-electron chi connectivity index (χ1n) is 24.2. The average molecular weight is 903 g/mol. The molecule has 0 aliphatic carbocycles. The maximum absolute atomic E-state index is 5.58. The minimum absolute atomic E-state index is 0.0182. The van der Waals surface area contributed by atoms with Crippen LogP contribution in [0.25, 0.3) is 66.6 Å². The lowest BCUT2D eigenvalue weighted by atomic mass is 9.75. The van der Waals surface area contributed by atoms with E-state index in [0.717, 1.165) is 60.9 Å². The van der Waals surface area contributed by atoms with Crippen molar-refractivity contribution in [3.63, 3.8) is 0 Å². The van der Waals surface area contributed by atoms with Gasteiger partial charge in [0.25, 0.3) is 0 Å². The lowest BCUT2D eigenvalue weighted by Crippen LogP contribution is -2.17. The van der Waals surface area contributed by atoms with Gasteiger partial charge in [-0.05, 0) is 144 Å². The molecule has 11 aromatic rings. The molecule has 0 aliphatic rings. The van der Waals surface area contributed by atoms with Crippen molar-refractivity contribution in [3.05, 3.63) is 262 Å². The summed E-state index contributed by atoms with van der Waals surface area (Å²) in [5.74, 6) is 1.68. The molecule has 0 saturated carbocycles. The number of aromatic nitrogens is 3. The topological polar surface area (TPSA) is 41.9 Å². The Labute approximate surface area is 411 Å². The van der Waals surface area contributed by atoms with E-state index in [1.54, 1.807) is 0 Å². The third kappa shape index (κ3) is 8.32. The standard InChI is InChI=1S/C66H54N4/c1-42-35-44(3)61(45(4)36-42)63(62-46(5)37-43(2)38-47(62)6)58-33-34-60(57-31-19-18-30-56(57)58)70(59-32-20-28-50-25-16-17-29-55(50)59)66-68-64(51-26-14-9-15-27-51)67-65(69-66)54-40-52(48-21-10-7-11-22-48)39-53(41-54)49-23-12-8-13-24-49/h7-41,63H,1-6H3. The number of fused-ring (bicyclic) bond motifs is 2. The van der Waals surface area contributed by atoms with Crippen LogP contribution in [0.3, 0.4) is 0 Å².